The van der Waals surface area contributed by atoms with Crippen LogP contribution in [0.15, 0.2) is 16.7 Å². The fraction of sp³-hybridized carbons (Fsp3) is 0.364. The Bertz CT molecular complexity index is 460. The van der Waals surface area contributed by atoms with Crippen molar-refractivity contribution < 1.29 is 23.9 Å². The number of furan rings is 1. The molecule has 0 radical (unpaired) electrons. The number of aromatic carboxylic acids is 1. The van der Waals surface area contributed by atoms with Gasteiger partial charge in [-0.25, -0.2) is 4.79 Å². The third kappa shape index (κ3) is 2.35. The summed E-state index contributed by atoms with van der Waals surface area (Å²) in [4.78, 5) is 34.7. The highest BCUT2D eigenvalue weighted by atomic mass is 16.4. The minimum absolute atomic E-state index is 0.00491. The number of rotatable bonds is 3. The zero-order valence-corrected chi connectivity index (χ0v) is 9.01. The van der Waals surface area contributed by atoms with Crippen molar-refractivity contribution in [3.05, 3.63) is 23.7 Å². The van der Waals surface area contributed by atoms with E-state index in [-0.39, 0.29) is 23.9 Å². The molecule has 0 atom stereocenters. The highest BCUT2D eigenvalue weighted by Crippen LogP contribution is 2.17. The Balaban J connectivity index is 2.11. The molecule has 1 aliphatic heterocycles. The van der Waals surface area contributed by atoms with Gasteiger partial charge in [0.1, 0.15) is 12.0 Å². The van der Waals surface area contributed by atoms with Gasteiger partial charge in [-0.15, -0.1) is 0 Å². The number of amides is 2. The van der Waals surface area contributed by atoms with Crippen LogP contribution in [0.5, 0.6) is 0 Å². The van der Waals surface area contributed by atoms with Gasteiger partial charge >= 0.3 is 5.97 Å². The molecule has 90 valence electrons. The van der Waals surface area contributed by atoms with Crippen LogP contribution in [-0.2, 0) is 16.1 Å². The Morgan fingerprint density at radius 2 is 2.00 bits per heavy atom. The van der Waals surface area contributed by atoms with E-state index < -0.39 is 5.97 Å². The molecule has 2 rings (SSSR count). The predicted octanol–water partition coefficient (Wildman–Crippen LogP) is 1.02. The maximum atomic E-state index is 11.5. The summed E-state index contributed by atoms with van der Waals surface area (Å²) in [6.07, 6.45) is 2.36. The van der Waals surface area contributed by atoms with E-state index in [1.165, 1.54) is 6.07 Å². The highest BCUT2D eigenvalue weighted by molar-refractivity contribution is 5.97. The number of carbonyl (C=O) groups is 3. The van der Waals surface area contributed by atoms with E-state index in [2.05, 4.69) is 0 Å². The van der Waals surface area contributed by atoms with Crippen molar-refractivity contribution in [3.8, 4) is 0 Å². The molecule has 0 spiro atoms. The first-order chi connectivity index (χ1) is 8.08. The van der Waals surface area contributed by atoms with E-state index in [1.807, 2.05) is 0 Å². The fourth-order valence-electron chi connectivity index (χ4n) is 1.71. The Kier molecular flexibility index (Phi) is 2.95. The first kappa shape index (κ1) is 11.4. The summed E-state index contributed by atoms with van der Waals surface area (Å²) >= 11 is 0. The first-order valence-corrected chi connectivity index (χ1v) is 5.22. The lowest BCUT2D eigenvalue weighted by atomic mass is 10.1. The summed E-state index contributed by atoms with van der Waals surface area (Å²) in [5.41, 5.74) is 0.0110. The van der Waals surface area contributed by atoms with Gasteiger partial charge < -0.3 is 9.52 Å². The van der Waals surface area contributed by atoms with Crippen LogP contribution in [0.4, 0.5) is 0 Å². The van der Waals surface area contributed by atoms with E-state index in [9.17, 15) is 14.4 Å². The van der Waals surface area contributed by atoms with Crippen LogP contribution in [0.25, 0.3) is 0 Å². The normalized spacial score (nSPS) is 16.4. The monoisotopic (exact) mass is 237 g/mol. The smallest absolute Gasteiger partial charge is 0.338 e. The van der Waals surface area contributed by atoms with Gasteiger partial charge in [0, 0.05) is 12.8 Å². The third-order valence-corrected chi connectivity index (χ3v) is 2.60. The summed E-state index contributed by atoms with van der Waals surface area (Å²) in [6.45, 7) is 0.00491. The lowest BCUT2D eigenvalue weighted by molar-refractivity contribution is -0.149. The Hall–Kier alpha value is -2.11. The van der Waals surface area contributed by atoms with Crippen molar-refractivity contribution in [2.24, 2.45) is 0 Å². The molecule has 0 unspecified atom stereocenters. The number of nitrogens with zero attached hydrogens (tertiary/aromatic N) is 1. The number of carboxylic acid groups (broad SMARTS) is 1. The molecule has 2 amide bonds. The molecule has 17 heavy (non-hydrogen) atoms. The standard InChI is InChI=1S/C11H11NO5/c13-9-2-1-3-10(14)12(9)5-8-4-7(6-17-8)11(15)16/h4,6H,1-3,5H2,(H,15,16). The molecule has 0 bridgehead atoms. The number of hydrogen-bond donors (Lipinski definition) is 1. The lowest BCUT2D eigenvalue weighted by Crippen LogP contribution is -2.39. The van der Waals surface area contributed by atoms with Crippen LogP contribution in [0, 0.1) is 0 Å². The highest BCUT2D eigenvalue weighted by Gasteiger charge is 2.26. The molecule has 0 aromatic carbocycles. The zero-order chi connectivity index (χ0) is 12.4. The van der Waals surface area contributed by atoms with Crippen LogP contribution in [0.1, 0.15) is 35.4 Å². The summed E-state index contributed by atoms with van der Waals surface area (Å²) in [7, 11) is 0. The lowest BCUT2D eigenvalue weighted by Gasteiger charge is -2.23. The van der Waals surface area contributed by atoms with Crippen LogP contribution in [-0.4, -0.2) is 27.8 Å². The van der Waals surface area contributed by atoms with E-state index >= 15 is 0 Å². The van der Waals surface area contributed by atoms with Gasteiger partial charge in [0.05, 0.1) is 12.1 Å². The second-order valence-electron chi connectivity index (χ2n) is 3.83. The average Bonchev–Trinajstić information content (AvgIpc) is 2.72. The fourth-order valence-corrected chi connectivity index (χ4v) is 1.71. The van der Waals surface area contributed by atoms with Crippen LogP contribution in [0.2, 0.25) is 0 Å². The number of likely N-dealkylation sites (tertiary alicyclic amines) is 1. The van der Waals surface area contributed by atoms with Gasteiger partial charge in [-0.2, -0.15) is 0 Å². The molecule has 2 heterocycles. The van der Waals surface area contributed by atoms with Crippen LogP contribution < -0.4 is 0 Å². The van der Waals surface area contributed by atoms with Gasteiger partial charge in [-0.1, -0.05) is 0 Å². The maximum Gasteiger partial charge on any atom is 0.338 e. The number of carboxylic acids is 1. The molecule has 6 heteroatoms. The number of imide groups is 1. The van der Waals surface area contributed by atoms with Crippen molar-refractivity contribution >= 4 is 17.8 Å². The van der Waals surface area contributed by atoms with Crippen LogP contribution in [0.3, 0.4) is 0 Å². The molecule has 1 saturated heterocycles. The largest absolute Gasteiger partial charge is 0.478 e. The number of hydrogen-bond acceptors (Lipinski definition) is 4. The Labute approximate surface area is 96.8 Å². The molecule has 0 saturated carbocycles. The Morgan fingerprint density at radius 3 is 2.53 bits per heavy atom. The van der Waals surface area contributed by atoms with Gasteiger partial charge in [-0.05, 0) is 12.5 Å². The van der Waals surface area contributed by atoms with Crippen molar-refractivity contribution in [1.82, 2.24) is 4.90 Å². The minimum Gasteiger partial charge on any atom is -0.478 e. The van der Waals surface area contributed by atoms with E-state index in [4.69, 9.17) is 9.52 Å². The molecular weight excluding hydrogens is 226 g/mol. The molecule has 6 nitrogen and oxygen atoms in total. The predicted molar refractivity (Wildman–Crippen MR) is 55.1 cm³/mol. The molecule has 1 aromatic rings. The molecule has 1 N–H and O–H groups in total. The third-order valence-electron chi connectivity index (χ3n) is 2.60. The summed E-state index contributed by atoms with van der Waals surface area (Å²) in [5.74, 6) is -1.29. The van der Waals surface area contributed by atoms with Crippen molar-refractivity contribution in [2.75, 3.05) is 0 Å². The van der Waals surface area contributed by atoms with E-state index in [0.29, 0.717) is 25.0 Å². The van der Waals surface area contributed by atoms with Gasteiger partial charge in [0.15, 0.2) is 0 Å². The first-order valence-electron chi connectivity index (χ1n) is 5.22. The topological polar surface area (TPSA) is 87.8 Å². The number of piperidine rings is 1. The van der Waals surface area contributed by atoms with Crippen molar-refractivity contribution in [3.63, 3.8) is 0 Å². The van der Waals surface area contributed by atoms with E-state index in [1.54, 1.807) is 0 Å². The molecule has 1 aromatic heterocycles. The van der Waals surface area contributed by atoms with E-state index in [0.717, 1.165) is 11.2 Å². The number of carbonyl (C=O) groups excluding carboxylic acids is 2. The second-order valence-corrected chi connectivity index (χ2v) is 3.83. The summed E-state index contributed by atoms with van der Waals surface area (Å²) in [6, 6.07) is 1.32. The maximum absolute atomic E-state index is 11.5. The van der Waals surface area contributed by atoms with Gasteiger partial charge in [-0.3, -0.25) is 14.5 Å². The summed E-state index contributed by atoms with van der Waals surface area (Å²) < 4.78 is 5.00. The molecular formula is C11H11NO5. The second kappa shape index (κ2) is 4.40. The van der Waals surface area contributed by atoms with Gasteiger partial charge in [0.25, 0.3) is 0 Å². The minimum atomic E-state index is -1.10. The van der Waals surface area contributed by atoms with Crippen molar-refractivity contribution in [1.29, 1.82) is 0 Å². The van der Waals surface area contributed by atoms with Crippen molar-refractivity contribution in [2.45, 2.75) is 25.8 Å². The quantitative estimate of drug-likeness (QED) is 0.793. The SMILES string of the molecule is O=C(O)c1coc(CN2C(=O)CCCC2=O)c1. The molecule has 1 aliphatic rings. The Morgan fingerprint density at radius 1 is 1.35 bits per heavy atom. The molecule has 0 aliphatic carbocycles. The van der Waals surface area contributed by atoms with Crippen LogP contribution >= 0.6 is 0 Å². The molecule has 1 fully saturated rings. The summed E-state index contributed by atoms with van der Waals surface area (Å²) in [5, 5.41) is 8.70. The van der Waals surface area contributed by atoms with Gasteiger partial charge in [0.2, 0.25) is 11.8 Å². The zero-order valence-electron chi connectivity index (χ0n) is 9.01. The average molecular weight is 237 g/mol.